The minimum absolute atomic E-state index is 0.0573. The van der Waals surface area contributed by atoms with Crippen LogP contribution in [0.2, 0.25) is 0 Å². The SMILES string of the molecule is NC(=O)CN(Cc1ccccc1)C(=O)C1CCCC(C(F)(F)F)C1. The van der Waals surface area contributed by atoms with Crippen molar-refractivity contribution in [2.75, 3.05) is 6.54 Å². The lowest BCUT2D eigenvalue weighted by Crippen LogP contribution is -2.43. The number of benzene rings is 1. The molecule has 2 unspecified atom stereocenters. The molecule has 0 aliphatic heterocycles. The Morgan fingerprint density at radius 2 is 1.83 bits per heavy atom. The molecule has 1 fully saturated rings. The number of carbonyl (C=O) groups excluding carboxylic acids is 2. The molecule has 0 heterocycles. The van der Waals surface area contributed by atoms with Crippen molar-refractivity contribution in [1.82, 2.24) is 4.90 Å². The lowest BCUT2D eigenvalue weighted by molar-refractivity contribution is -0.187. The van der Waals surface area contributed by atoms with Crippen LogP contribution in [0.5, 0.6) is 0 Å². The first-order valence-electron chi connectivity index (χ1n) is 7.95. The van der Waals surface area contributed by atoms with E-state index in [9.17, 15) is 22.8 Å². The summed E-state index contributed by atoms with van der Waals surface area (Å²) in [6.07, 6.45) is -3.67. The van der Waals surface area contributed by atoms with Gasteiger partial charge in [-0.25, -0.2) is 0 Å². The summed E-state index contributed by atoms with van der Waals surface area (Å²) in [5.41, 5.74) is 6.00. The van der Waals surface area contributed by atoms with Crippen molar-refractivity contribution in [3.63, 3.8) is 0 Å². The normalized spacial score (nSPS) is 21.3. The number of rotatable bonds is 5. The first kappa shape index (κ1) is 18.3. The van der Waals surface area contributed by atoms with E-state index >= 15 is 0 Å². The van der Waals surface area contributed by atoms with Gasteiger partial charge in [0, 0.05) is 12.5 Å². The topological polar surface area (TPSA) is 63.4 Å². The van der Waals surface area contributed by atoms with Crippen LogP contribution in [0.25, 0.3) is 0 Å². The van der Waals surface area contributed by atoms with E-state index in [1.54, 1.807) is 24.3 Å². The third-order valence-corrected chi connectivity index (χ3v) is 4.36. The highest BCUT2D eigenvalue weighted by Crippen LogP contribution is 2.40. The largest absolute Gasteiger partial charge is 0.391 e. The van der Waals surface area contributed by atoms with Gasteiger partial charge in [-0.05, 0) is 24.8 Å². The Morgan fingerprint density at radius 1 is 1.17 bits per heavy atom. The van der Waals surface area contributed by atoms with E-state index in [0.717, 1.165) is 5.56 Å². The van der Waals surface area contributed by atoms with Crippen molar-refractivity contribution in [3.05, 3.63) is 35.9 Å². The number of nitrogens with zero attached hydrogens (tertiary/aromatic N) is 1. The van der Waals surface area contributed by atoms with Gasteiger partial charge in [-0.2, -0.15) is 13.2 Å². The molecular formula is C17H21F3N2O2. The van der Waals surface area contributed by atoms with Crippen molar-refractivity contribution < 1.29 is 22.8 Å². The molecule has 0 spiro atoms. The van der Waals surface area contributed by atoms with Crippen LogP contribution in [0.15, 0.2) is 30.3 Å². The first-order chi connectivity index (χ1) is 11.3. The van der Waals surface area contributed by atoms with E-state index in [1.165, 1.54) is 4.90 Å². The molecule has 0 radical (unpaired) electrons. The van der Waals surface area contributed by atoms with Crippen molar-refractivity contribution in [3.8, 4) is 0 Å². The fourth-order valence-electron chi connectivity index (χ4n) is 3.17. The molecule has 4 nitrogen and oxygen atoms in total. The Bertz CT molecular complexity index is 575. The van der Waals surface area contributed by atoms with Crippen LogP contribution in [0, 0.1) is 11.8 Å². The highest BCUT2D eigenvalue weighted by atomic mass is 19.4. The van der Waals surface area contributed by atoms with Gasteiger partial charge in [0.2, 0.25) is 11.8 Å². The number of amides is 2. The average molecular weight is 342 g/mol. The van der Waals surface area contributed by atoms with Crippen LogP contribution in [-0.2, 0) is 16.1 Å². The smallest absolute Gasteiger partial charge is 0.368 e. The Hall–Kier alpha value is -2.05. The number of nitrogens with two attached hydrogens (primary N) is 1. The number of alkyl halides is 3. The molecule has 132 valence electrons. The summed E-state index contributed by atoms with van der Waals surface area (Å²) in [6, 6.07) is 8.99. The summed E-state index contributed by atoms with van der Waals surface area (Å²) in [6.45, 7) is -0.128. The highest BCUT2D eigenvalue weighted by molar-refractivity contribution is 5.85. The Kier molecular flexibility index (Phi) is 5.85. The minimum Gasteiger partial charge on any atom is -0.368 e. The molecular weight excluding hydrogens is 321 g/mol. The second-order valence-corrected chi connectivity index (χ2v) is 6.25. The van der Waals surface area contributed by atoms with Crippen LogP contribution in [0.4, 0.5) is 13.2 Å². The van der Waals surface area contributed by atoms with Crippen molar-refractivity contribution in [2.24, 2.45) is 17.6 Å². The maximum absolute atomic E-state index is 12.9. The van der Waals surface area contributed by atoms with E-state index in [1.807, 2.05) is 6.07 Å². The number of primary amides is 1. The van der Waals surface area contributed by atoms with Crippen LogP contribution in [0.3, 0.4) is 0 Å². The third kappa shape index (κ3) is 4.97. The maximum Gasteiger partial charge on any atom is 0.391 e. The highest BCUT2D eigenvalue weighted by Gasteiger charge is 2.44. The molecule has 2 atom stereocenters. The molecule has 0 saturated heterocycles. The summed E-state index contributed by atoms with van der Waals surface area (Å²) < 4.78 is 38.8. The first-order valence-corrected chi connectivity index (χ1v) is 7.95. The lowest BCUT2D eigenvalue weighted by Gasteiger charge is -2.33. The van der Waals surface area contributed by atoms with E-state index in [2.05, 4.69) is 0 Å². The van der Waals surface area contributed by atoms with Crippen LogP contribution in [0.1, 0.15) is 31.2 Å². The lowest BCUT2D eigenvalue weighted by atomic mass is 9.80. The molecule has 1 saturated carbocycles. The Morgan fingerprint density at radius 3 is 2.42 bits per heavy atom. The molecule has 1 aliphatic carbocycles. The Balaban J connectivity index is 2.10. The second-order valence-electron chi connectivity index (χ2n) is 6.25. The predicted molar refractivity (Wildman–Crippen MR) is 82.6 cm³/mol. The minimum atomic E-state index is -4.28. The van der Waals surface area contributed by atoms with Gasteiger partial charge in [-0.3, -0.25) is 9.59 Å². The Labute approximate surface area is 138 Å². The average Bonchev–Trinajstić information content (AvgIpc) is 2.53. The fraction of sp³-hybridized carbons (Fsp3) is 0.529. The summed E-state index contributed by atoms with van der Waals surface area (Å²) in [7, 11) is 0. The van der Waals surface area contributed by atoms with Gasteiger partial charge in [0.15, 0.2) is 0 Å². The fourth-order valence-corrected chi connectivity index (χ4v) is 3.17. The molecule has 0 bridgehead atoms. The monoisotopic (exact) mass is 342 g/mol. The zero-order valence-corrected chi connectivity index (χ0v) is 13.3. The van der Waals surface area contributed by atoms with Crippen molar-refractivity contribution in [2.45, 2.75) is 38.4 Å². The van der Waals surface area contributed by atoms with E-state index in [4.69, 9.17) is 5.73 Å². The van der Waals surface area contributed by atoms with Gasteiger partial charge < -0.3 is 10.6 Å². The molecule has 1 aliphatic rings. The van der Waals surface area contributed by atoms with Crippen molar-refractivity contribution in [1.29, 1.82) is 0 Å². The zero-order valence-electron chi connectivity index (χ0n) is 13.3. The van der Waals surface area contributed by atoms with Gasteiger partial charge in [-0.1, -0.05) is 36.8 Å². The summed E-state index contributed by atoms with van der Waals surface area (Å²) in [5, 5.41) is 0. The van der Waals surface area contributed by atoms with Crippen LogP contribution in [-0.4, -0.2) is 29.4 Å². The second kappa shape index (κ2) is 7.68. The maximum atomic E-state index is 12.9. The molecule has 2 amide bonds. The zero-order chi connectivity index (χ0) is 17.7. The van der Waals surface area contributed by atoms with Gasteiger partial charge in [0.05, 0.1) is 12.5 Å². The van der Waals surface area contributed by atoms with E-state index < -0.39 is 29.8 Å². The van der Waals surface area contributed by atoms with Crippen molar-refractivity contribution >= 4 is 11.8 Å². The number of halogens is 3. The summed E-state index contributed by atoms with van der Waals surface area (Å²) in [5.74, 6) is -3.27. The summed E-state index contributed by atoms with van der Waals surface area (Å²) >= 11 is 0. The standard InChI is InChI=1S/C17H21F3N2O2/c18-17(19,20)14-8-4-7-13(9-14)16(24)22(11-15(21)23)10-12-5-2-1-3-6-12/h1-3,5-6,13-14H,4,7-11H2,(H2,21,23). The van der Waals surface area contributed by atoms with Crippen LogP contribution < -0.4 is 5.73 Å². The molecule has 1 aromatic carbocycles. The van der Waals surface area contributed by atoms with Gasteiger partial charge in [0.1, 0.15) is 0 Å². The predicted octanol–water partition coefficient (Wildman–Crippen LogP) is 2.87. The number of hydrogen-bond donors (Lipinski definition) is 1. The van der Waals surface area contributed by atoms with Gasteiger partial charge >= 0.3 is 6.18 Å². The molecule has 7 heteroatoms. The quantitative estimate of drug-likeness (QED) is 0.894. The molecule has 1 aromatic rings. The number of carbonyl (C=O) groups is 2. The van der Waals surface area contributed by atoms with Gasteiger partial charge in [0.25, 0.3) is 0 Å². The van der Waals surface area contributed by atoms with E-state index in [-0.39, 0.29) is 25.9 Å². The van der Waals surface area contributed by atoms with Crippen LogP contribution >= 0.6 is 0 Å². The van der Waals surface area contributed by atoms with E-state index in [0.29, 0.717) is 12.8 Å². The molecule has 2 N–H and O–H groups in total. The third-order valence-electron chi connectivity index (χ3n) is 4.36. The number of hydrogen-bond acceptors (Lipinski definition) is 2. The summed E-state index contributed by atoms with van der Waals surface area (Å²) in [4.78, 5) is 25.2. The molecule has 0 aromatic heterocycles. The van der Waals surface area contributed by atoms with Gasteiger partial charge in [-0.15, -0.1) is 0 Å². The molecule has 2 rings (SSSR count). The molecule has 24 heavy (non-hydrogen) atoms.